The summed E-state index contributed by atoms with van der Waals surface area (Å²) in [6, 6.07) is 1.79. The van der Waals surface area contributed by atoms with Gasteiger partial charge < -0.3 is 14.9 Å². The number of hydrogen-bond acceptors (Lipinski definition) is 5. The molecule has 0 spiro atoms. The molecule has 1 saturated heterocycles. The fraction of sp³-hybridized carbons (Fsp3) is 0.667. The van der Waals surface area contributed by atoms with E-state index in [2.05, 4.69) is 14.9 Å². The number of rotatable bonds is 3. The molecular weight excluding hydrogens is 320 g/mol. The summed E-state index contributed by atoms with van der Waals surface area (Å²) >= 11 is 0. The molecular formula is C18H24N4O3. The standard InChI is InChI=1S/C18H24N4O3/c23-16(14-12-2-4-13(5-3-12)15(14)17(24)25)21-8-10-22(11-9-21)18-19-6-1-7-20-18/h1,6-7,12-15H,2-5,8-11H2,(H,24,25). The average Bonchev–Trinajstić information content (AvgIpc) is 2.68. The van der Waals surface area contributed by atoms with Crippen LogP contribution in [0, 0.1) is 23.7 Å². The average molecular weight is 344 g/mol. The van der Waals surface area contributed by atoms with Gasteiger partial charge in [0, 0.05) is 38.6 Å². The maximum absolute atomic E-state index is 13.1. The predicted octanol–water partition coefficient (Wildman–Crippen LogP) is 1.26. The third-order valence-corrected chi connectivity index (χ3v) is 6.22. The highest BCUT2D eigenvalue weighted by Crippen LogP contribution is 2.49. The summed E-state index contributed by atoms with van der Waals surface area (Å²) in [5, 5.41) is 9.67. The molecule has 0 aromatic carbocycles. The van der Waals surface area contributed by atoms with Crippen molar-refractivity contribution >= 4 is 17.8 Å². The molecule has 3 aliphatic carbocycles. The van der Waals surface area contributed by atoms with Gasteiger partial charge in [-0.1, -0.05) is 0 Å². The summed E-state index contributed by atoms with van der Waals surface area (Å²) in [5.41, 5.74) is 0. The van der Waals surface area contributed by atoms with Crippen LogP contribution in [0.3, 0.4) is 0 Å². The number of carbonyl (C=O) groups excluding carboxylic acids is 1. The molecule has 2 heterocycles. The lowest BCUT2D eigenvalue weighted by Gasteiger charge is -2.48. The van der Waals surface area contributed by atoms with Gasteiger partial charge in [0.25, 0.3) is 0 Å². The van der Waals surface area contributed by atoms with Gasteiger partial charge in [-0.3, -0.25) is 9.59 Å². The van der Waals surface area contributed by atoms with Crippen molar-refractivity contribution in [2.45, 2.75) is 25.7 Å². The predicted molar refractivity (Wildman–Crippen MR) is 90.9 cm³/mol. The van der Waals surface area contributed by atoms with Crippen molar-refractivity contribution in [3.8, 4) is 0 Å². The molecule has 1 amide bonds. The molecule has 134 valence electrons. The lowest BCUT2D eigenvalue weighted by molar-refractivity contribution is -0.162. The van der Waals surface area contributed by atoms with Crippen LogP contribution in [0.2, 0.25) is 0 Å². The Hall–Kier alpha value is -2.18. The van der Waals surface area contributed by atoms with Crippen molar-refractivity contribution in [3.63, 3.8) is 0 Å². The van der Waals surface area contributed by atoms with Crippen LogP contribution < -0.4 is 4.90 Å². The van der Waals surface area contributed by atoms with Crippen LogP contribution in [0.25, 0.3) is 0 Å². The topological polar surface area (TPSA) is 86.6 Å². The molecule has 1 N–H and O–H groups in total. The Bertz CT molecular complexity index is 637. The molecule has 2 unspecified atom stereocenters. The van der Waals surface area contributed by atoms with Crippen molar-refractivity contribution in [3.05, 3.63) is 18.5 Å². The van der Waals surface area contributed by atoms with E-state index in [9.17, 15) is 14.7 Å². The quantitative estimate of drug-likeness (QED) is 0.888. The number of amides is 1. The van der Waals surface area contributed by atoms with Crippen LogP contribution in [0.15, 0.2) is 18.5 Å². The van der Waals surface area contributed by atoms with Crippen LogP contribution in [0.4, 0.5) is 5.95 Å². The normalized spacial score (nSPS) is 31.8. The van der Waals surface area contributed by atoms with E-state index in [0.29, 0.717) is 32.1 Å². The van der Waals surface area contributed by atoms with E-state index in [4.69, 9.17) is 0 Å². The van der Waals surface area contributed by atoms with Gasteiger partial charge in [0.15, 0.2) is 0 Å². The van der Waals surface area contributed by atoms with E-state index in [-0.39, 0.29) is 23.7 Å². The molecule has 7 nitrogen and oxygen atoms in total. The number of aliphatic carboxylic acids is 1. The molecule has 0 radical (unpaired) electrons. The van der Waals surface area contributed by atoms with Crippen molar-refractivity contribution in [2.75, 3.05) is 31.1 Å². The summed E-state index contributed by atoms with van der Waals surface area (Å²) in [4.78, 5) is 37.4. The minimum atomic E-state index is -0.788. The number of aromatic nitrogens is 2. The number of hydrogen-bond donors (Lipinski definition) is 1. The zero-order valence-corrected chi connectivity index (χ0v) is 14.3. The second-order valence-electron chi connectivity index (χ2n) is 7.43. The highest BCUT2D eigenvalue weighted by atomic mass is 16.4. The Balaban J connectivity index is 1.44. The van der Waals surface area contributed by atoms with E-state index >= 15 is 0 Å². The number of anilines is 1. The van der Waals surface area contributed by atoms with Gasteiger partial charge in [-0.2, -0.15) is 0 Å². The number of nitrogens with zero attached hydrogens (tertiary/aromatic N) is 4. The first-order valence-corrected chi connectivity index (χ1v) is 9.18. The number of carboxylic acid groups (broad SMARTS) is 1. The summed E-state index contributed by atoms with van der Waals surface area (Å²) < 4.78 is 0. The lowest BCUT2D eigenvalue weighted by atomic mass is 9.58. The zero-order chi connectivity index (χ0) is 17.4. The van der Waals surface area contributed by atoms with E-state index in [1.165, 1.54) is 0 Å². The molecule has 1 aromatic heterocycles. The summed E-state index contributed by atoms with van der Waals surface area (Å²) in [6.45, 7) is 2.59. The molecule has 7 heteroatoms. The lowest BCUT2D eigenvalue weighted by Crippen LogP contribution is -2.56. The zero-order valence-electron chi connectivity index (χ0n) is 14.3. The number of fused-ring (bicyclic) bond motifs is 3. The van der Waals surface area contributed by atoms with Crippen LogP contribution in [0.5, 0.6) is 0 Å². The second kappa shape index (κ2) is 6.61. The third kappa shape index (κ3) is 2.96. The van der Waals surface area contributed by atoms with Gasteiger partial charge in [-0.25, -0.2) is 9.97 Å². The first-order chi connectivity index (χ1) is 12.1. The van der Waals surface area contributed by atoms with E-state index in [1.54, 1.807) is 18.5 Å². The highest BCUT2D eigenvalue weighted by molar-refractivity contribution is 5.86. The molecule has 1 aliphatic heterocycles. The monoisotopic (exact) mass is 344 g/mol. The van der Waals surface area contributed by atoms with Gasteiger partial charge >= 0.3 is 5.97 Å². The summed E-state index contributed by atoms with van der Waals surface area (Å²) in [7, 11) is 0. The van der Waals surface area contributed by atoms with Crippen molar-refractivity contribution in [1.82, 2.24) is 14.9 Å². The van der Waals surface area contributed by atoms with Gasteiger partial charge in [-0.05, 0) is 43.6 Å². The number of carbonyl (C=O) groups is 2. The Morgan fingerprint density at radius 2 is 1.48 bits per heavy atom. The van der Waals surface area contributed by atoms with Crippen molar-refractivity contribution in [2.24, 2.45) is 23.7 Å². The first-order valence-electron chi connectivity index (χ1n) is 9.18. The van der Waals surface area contributed by atoms with E-state index in [1.807, 2.05) is 4.90 Å². The summed E-state index contributed by atoms with van der Waals surface area (Å²) in [6.07, 6.45) is 7.37. The Morgan fingerprint density at radius 3 is 2.04 bits per heavy atom. The Kier molecular flexibility index (Phi) is 4.31. The minimum absolute atomic E-state index is 0.0513. The molecule has 1 aromatic rings. The van der Waals surface area contributed by atoms with E-state index < -0.39 is 11.9 Å². The van der Waals surface area contributed by atoms with Crippen molar-refractivity contribution < 1.29 is 14.7 Å². The number of carboxylic acids is 1. The third-order valence-electron chi connectivity index (χ3n) is 6.22. The minimum Gasteiger partial charge on any atom is -0.481 e. The van der Waals surface area contributed by atoms with E-state index in [0.717, 1.165) is 25.7 Å². The second-order valence-corrected chi connectivity index (χ2v) is 7.43. The summed E-state index contributed by atoms with van der Waals surface area (Å²) in [5.74, 6) is -0.446. The molecule has 3 saturated carbocycles. The molecule has 25 heavy (non-hydrogen) atoms. The largest absolute Gasteiger partial charge is 0.481 e. The van der Waals surface area contributed by atoms with Gasteiger partial charge in [-0.15, -0.1) is 0 Å². The highest BCUT2D eigenvalue weighted by Gasteiger charge is 2.51. The van der Waals surface area contributed by atoms with Gasteiger partial charge in [0.2, 0.25) is 11.9 Å². The SMILES string of the molecule is O=C(O)C1C2CCC(CC2)C1C(=O)N1CCN(c2ncccn2)CC1. The van der Waals surface area contributed by atoms with Crippen LogP contribution in [0.1, 0.15) is 25.7 Å². The molecule has 4 aliphatic rings. The fourth-order valence-corrected chi connectivity index (χ4v) is 4.95. The molecule has 4 fully saturated rings. The maximum atomic E-state index is 13.1. The van der Waals surface area contributed by atoms with Crippen LogP contribution in [-0.2, 0) is 9.59 Å². The molecule has 2 bridgehead atoms. The maximum Gasteiger partial charge on any atom is 0.307 e. The van der Waals surface area contributed by atoms with Crippen LogP contribution in [-0.4, -0.2) is 58.0 Å². The molecule has 5 rings (SSSR count). The molecule has 2 atom stereocenters. The van der Waals surface area contributed by atoms with Gasteiger partial charge in [0.05, 0.1) is 11.8 Å². The first kappa shape index (κ1) is 16.3. The Morgan fingerprint density at radius 1 is 0.920 bits per heavy atom. The van der Waals surface area contributed by atoms with Gasteiger partial charge in [0.1, 0.15) is 0 Å². The fourth-order valence-electron chi connectivity index (χ4n) is 4.95. The smallest absolute Gasteiger partial charge is 0.307 e. The van der Waals surface area contributed by atoms with Crippen molar-refractivity contribution in [1.29, 1.82) is 0 Å². The Labute approximate surface area is 147 Å². The number of piperazine rings is 1. The van der Waals surface area contributed by atoms with Crippen LogP contribution >= 0.6 is 0 Å².